The number of benzene rings is 1. The van der Waals surface area contributed by atoms with Crippen LogP contribution in [0.2, 0.25) is 0 Å². The molecule has 1 amide bonds. The monoisotopic (exact) mass is 288 g/mol. The van der Waals surface area contributed by atoms with Gasteiger partial charge >= 0.3 is 0 Å². The molecule has 0 aliphatic carbocycles. The van der Waals surface area contributed by atoms with Crippen LogP contribution in [0.3, 0.4) is 0 Å². The summed E-state index contributed by atoms with van der Waals surface area (Å²) in [5, 5.41) is 0. The third-order valence-electron chi connectivity index (χ3n) is 3.94. The van der Waals surface area contributed by atoms with E-state index in [1.165, 1.54) is 0 Å². The highest BCUT2D eigenvalue weighted by Gasteiger charge is 2.26. The maximum absolute atomic E-state index is 12.6. The van der Waals surface area contributed by atoms with Gasteiger partial charge in [0.1, 0.15) is 6.04 Å². The van der Waals surface area contributed by atoms with Gasteiger partial charge in [0.05, 0.1) is 24.2 Å². The SMILES string of the molecule is Cc1ccc2c(c1)nc(N)n2C(C)C(=O)N1CCOCC1. The highest BCUT2D eigenvalue weighted by molar-refractivity contribution is 5.85. The van der Waals surface area contributed by atoms with Crippen molar-refractivity contribution in [2.75, 3.05) is 32.0 Å². The average molecular weight is 288 g/mol. The Morgan fingerprint density at radius 1 is 1.38 bits per heavy atom. The first kappa shape index (κ1) is 13.9. The van der Waals surface area contributed by atoms with Gasteiger partial charge in [0.15, 0.2) is 0 Å². The molecular weight excluding hydrogens is 268 g/mol. The molecule has 1 aromatic heterocycles. The predicted molar refractivity (Wildman–Crippen MR) is 81.0 cm³/mol. The number of aromatic nitrogens is 2. The van der Waals surface area contributed by atoms with Gasteiger partial charge in [-0.1, -0.05) is 6.07 Å². The van der Waals surface area contributed by atoms with E-state index in [-0.39, 0.29) is 11.9 Å². The van der Waals surface area contributed by atoms with E-state index in [9.17, 15) is 4.79 Å². The maximum Gasteiger partial charge on any atom is 0.245 e. The number of nitrogens with zero attached hydrogens (tertiary/aromatic N) is 3. The standard InChI is InChI=1S/C15H20N4O2/c1-10-3-4-13-12(9-10)17-15(16)19(13)11(2)14(20)18-5-7-21-8-6-18/h3-4,9,11H,5-8H2,1-2H3,(H2,16,17). The number of fused-ring (bicyclic) bond motifs is 1. The van der Waals surface area contributed by atoms with Gasteiger partial charge in [-0.15, -0.1) is 0 Å². The molecule has 0 saturated carbocycles. The van der Waals surface area contributed by atoms with E-state index in [0.717, 1.165) is 16.6 Å². The van der Waals surface area contributed by atoms with E-state index in [1.54, 1.807) is 0 Å². The third-order valence-corrected chi connectivity index (χ3v) is 3.94. The molecule has 1 atom stereocenters. The van der Waals surface area contributed by atoms with Crippen LogP contribution in [0.1, 0.15) is 18.5 Å². The van der Waals surface area contributed by atoms with Gasteiger partial charge in [-0.2, -0.15) is 0 Å². The van der Waals surface area contributed by atoms with Gasteiger partial charge in [0.2, 0.25) is 11.9 Å². The molecule has 112 valence electrons. The second-order valence-corrected chi connectivity index (χ2v) is 5.45. The van der Waals surface area contributed by atoms with Gasteiger partial charge in [0.25, 0.3) is 0 Å². The molecule has 6 heteroatoms. The molecular formula is C15H20N4O2. The number of carbonyl (C=O) groups is 1. The van der Waals surface area contributed by atoms with Crippen LogP contribution in [-0.4, -0.2) is 46.7 Å². The van der Waals surface area contributed by atoms with Crippen LogP contribution >= 0.6 is 0 Å². The van der Waals surface area contributed by atoms with E-state index in [1.807, 2.05) is 41.5 Å². The van der Waals surface area contributed by atoms with Crippen LogP contribution in [0.4, 0.5) is 5.95 Å². The number of nitrogens with two attached hydrogens (primary N) is 1. The summed E-state index contributed by atoms with van der Waals surface area (Å²) in [6.07, 6.45) is 0. The average Bonchev–Trinajstić information content (AvgIpc) is 2.81. The normalized spacial score (nSPS) is 17.1. The quantitative estimate of drug-likeness (QED) is 0.905. The van der Waals surface area contributed by atoms with Crippen molar-refractivity contribution in [3.63, 3.8) is 0 Å². The minimum absolute atomic E-state index is 0.0601. The molecule has 1 fully saturated rings. The number of hydrogen-bond acceptors (Lipinski definition) is 4. The first-order chi connectivity index (χ1) is 10.1. The first-order valence-corrected chi connectivity index (χ1v) is 7.18. The summed E-state index contributed by atoms with van der Waals surface area (Å²) in [5.41, 5.74) is 8.88. The topological polar surface area (TPSA) is 73.4 Å². The van der Waals surface area contributed by atoms with Crippen molar-refractivity contribution in [1.82, 2.24) is 14.5 Å². The Hall–Kier alpha value is -2.08. The number of anilines is 1. The number of morpholine rings is 1. The van der Waals surface area contributed by atoms with Crippen molar-refractivity contribution in [3.8, 4) is 0 Å². The summed E-state index contributed by atoms with van der Waals surface area (Å²) in [6.45, 7) is 6.34. The summed E-state index contributed by atoms with van der Waals surface area (Å²) >= 11 is 0. The number of ether oxygens (including phenoxy) is 1. The Labute approximate surface area is 123 Å². The van der Waals surface area contributed by atoms with E-state index >= 15 is 0 Å². The van der Waals surface area contributed by atoms with Crippen molar-refractivity contribution in [1.29, 1.82) is 0 Å². The molecule has 0 bridgehead atoms. The summed E-state index contributed by atoms with van der Waals surface area (Å²) in [5.74, 6) is 0.439. The molecule has 2 heterocycles. The number of nitrogen functional groups attached to an aromatic ring is 1. The van der Waals surface area contributed by atoms with Crippen LogP contribution in [-0.2, 0) is 9.53 Å². The molecule has 1 aliphatic rings. The fourth-order valence-corrected chi connectivity index (χ4v) is 2.79. The minimum atomic E-state index is -0.365. The lowest BCUT2D eigenvalue weighted by Gasteiger charge is -2.30. The largest absolute Gasteiger partial charge is 0.378 e. The Kier molecular flexibility index (Phi) is 3.55. The molecule has 1 aromatic carbocycles. The highest BCUT2D eigenvalue weighted by Crippen LogP contribution is 2.25. The molecule has 1 saturated heterocycles. The lowest BCUT2D eigenvalue weighted by atomic mass is 10.2. The molecule has 6 nitrogen and oxygen atoms in total. The van der Waals surface area contributed by atoms with Crippen LogP contribution in [0.15, 0.2) is 18.2 Å². The zero-order valence-corrected chi connectivity index (χ0v) is 12.4. The summed E-state index contributed by atoms with van der Waals surface area (Å²) in [6, 6.07) is 5.59. The zero-order chi connectivity index (χ0) is 15.0. The highest BCUT2D eigenvalue weighted by atomic mass is 16.5. The van der Waals surface area contributed by atoms with Gasteiger partial charge in [-0.05, 0) is 31.5 Å². The van der Waals surface area contributed by atoms with Crippen LogP contribution in [0.5, 0.6) is 0 Å². The van der Waals surface area contributed by atoms with Crippen LogP contribution in [0.25, 0.3) is 11.0 Å². The predicted octanol–water partition coefficient (Wildman–Crippen LogP) is 1.35. The molecule has 1 aliphatic heterocycles. The fraction of sp³-hybridized carbons (Fsp3) is 0.467. The van der Waals surface area contributed by atoms with Crippen molar-refractivity contribution in [3.05, 3.63) is 23.8 Å². The van der Waals surface area contributed by atoms with Crippen molar-refractivity contribution < 1.29 is 9.53 Å². The minimum Gasteiger partial charge on any atom is -0.378 e. The molecule has 2 aromatic rings. The lowest BCUT2D eigenvalue weighted by molar-refractivity contribution is -0.138. The smallest absolute Gasteiger partial charge is 0.245 e. The molecule has 3 rings (SSSR count). The van der Waals surface area contributed by atoms with E-state index in [0.29, 0.717) is 32.3 Å². The summed E-state index contributed by atoms with van der Waals surface area (Å²) in [7, 11) is 0. The molecule has 0 spiro atoms. The lowest BCUT2D eigenvalue weighted by Crippen LogP contribution is -2.43. The number of hydrogen-bond donors (Lipinski definition) is 1. The second kappa shape index (κ2) is 5.37. The maximum atomic E-state index is 12.6. The number of rotatable bonds is 2. The van der Waals surface area contributed by atoms with Crippen LogP contribution in [0, 0.1) is 6.92 Å². The first-order valence-electron chi connectivity index (χ1n) is 7.18. The Morgan fingerprint density at radius 3 is 2.81 bits per heavy atom. The van der Waals surface area contributed by atoms with Gasteiger partial charge < -0.3 is 15.4 Å². The summed E-state index contributed by atoms with van der Waals surface area (Å²) < 4.78 is 7.10. The molecule has 1 unspecified atom stereocenters. The van der Waals surface area contributed by atoms with E-state index in [4.69, 9.17) is 10.5 Å². The Morgan fingerprint density at radius 2 is 2.10 bits per heavy atom. The van der Waals surface area contributed by atoms with E-state index in [2.05, 4.69) is 4.98 Å². The number of imidazole rings is 1. The van der Waals surface area contributed by atoms with Crippen molar-refractivity contribution in [2.45, 2.75) is 19.9 Å². The van der Waals surface area contributed by atoms with Gasteiger partial charge in [-0.3, -0.25) is 9.36 Å². The second-order valence-electron chi connectivity index (χ2n) is 5.45. The summed E-state index contributed by atoms with van der Waals surface area (Å²) in [4.78, 5) is 18.8. The number of aryl methyl sites for hydroxylation is 1. The Bertz CT molecular complexity index is 674. The van der Waals surface area contributed by atoms with Crippen molar-refractivity contribution >= 4 is 22.9 Å². The van der Waals surface area contributed by atoms with Crippen molar-refractivity contribution in [2.24, 2.45) is 0 Å². The number of carbonyl (C=O) groups excluding carboxylic acids is 1. The number of amides is 1. The van der Waals surface area contributed by atoms with Gasteiger partial charge in [0, 0.05) is 13.1 Å². The molecule has 21 heavy (non-hydrogen) atoms. The Balaban J connectivity index is 1.95. The molecule has 0 radical (unpaired) electrons. The van der Waals surface area contributed by atoms with Gasteiger partial charge in [-0.25, -0.2) is 4.98 Å². The van der Waals surface area contributed by atoms with E-state index < -0.39 is 0 Å². The zero-order valence-electron chi connectivity index (χ0n) is 12.4. The third kappa shape index (κ3) is 2.47. The fourth-order valence-electron chi connectivity index (χ4n) is 2.79. The molecule has 2 N–H and O–H groups in total. The van der Waals surface area contributed by atoms with Crippen LogP contribution < -0.4 is 5.73 Å².